The normalized spacial score (nSPS) is 17.5. The number of hydroxylamine groups is 1. The number of rotatable bonds is 9. The molecule has 0 bridgehead atoms. The molecule has 0 radical (unpaired) electrons. The van der Waals surface area contributed by atoms with Gasteiger partial charge in [-0.15, -0.1) is 0 Å². The number of thioether (sulfide) groups is 1. The van der Waals surface area contributed by atoms with Crippen LogP contribution in [0.1, 0.15) is 59.1 Å². The average molecular weight is 671 g/mol. The van der Waals surface area contributed by atoms with Crippen molar-refractivity contribution in [1.29, 1.82) is 0 Å². The second-order valence-electron chi connectivity index (χ2n) is 14.1. The standard InChI is InChI=1S/C38H46N2O3S2Si/c1-29-18-24-33(25-19-29)45(41,42)40-27-30(28-44-32-22-20-31(21-23-32)37(2,3)4)26-36(40)39-43-46(38(5,6)7,34-14-10-8-11-15-34)35-16-12-9-13-17-35/h8-25,28,36,39H,26-27H2,1-7H3/b30-28-. The SMILES string of the molecule is Cc1ccc(S(=O)(=O)N2C/C(=C\Sc3ccc(C(C)(C)C)cc3)CC2NO[Si](c2ccccc2)(c2ccccc2)C(C)(C)C)cc1. The predicted molar refractivity (Wildman–Crippen MR) is 194 cm³/mol. The summed E-state index contributed by atoms with van der Waals surface area (Å²) in [5.74, 6) is 0. The molecule has 1 aliphatic heterocycles. The van der Waals surface area contributed by atoms with E-state index in [0.29, 0.717) is 6.42 Å². The van der Waals surface area contributed by atoms with Crippen LogP contribution in [0.3, 0.4) is 0 Å². The van der Waals surface area contributed by atoms with Gasteiger partial charge in [-0.3, -0.25) is 0 Å². The third kappa shape index (κ3) is 7.28. The minimum Gasteiger partial charge on any atom is -0.332 e. The summed E-state index contributed by atoms with van der Waals surface area (Å²) in [6.07, 6.45) is -0.0702. The molecule has 1 aliphatic rings. The molecule has 1 N–H and O–H groups in total. The van der Waals surface area contributed by atoms with Gasteiger partial charge in [-0.2, -0.15) is 9.79 Å². The number of sulfonamides is 1. The molecule has 5 nitrogen and oxygen atoms in total. The Morgan fingerprint density at radius 1 is 0.804 bits per heavy atom. The molecule has 8 heteroatoms. The number of nitrogens with zero attached hydrogens (tertiary/aromatic N) is 1. The Labute approximate surface area is 281 Å². The molecule has 0 amide bonds. The van der Waals surface area contributed by atoms with Gasteiger partial charge in [-0.05, 0) is 68.6 Å². The summed E-state index contributed by atoms with van der Waals surface area (Å²) in [4.78, 5) is 1.40. The van der Waals surface area contributed by atoms with Crippen molar-refractivity contribution in [3.63, 3.8) is 0 Å². The monoisotopic (exact) mass is 670 g/mol. The lowest BCUT2D eigenvalue weighted by molar-refractivity contribution is 0.104. The maximum Gasteiger partial charge on any atom is 0.287 e. The van der Waals surface area contributed by atoms with Crippen LogP contribution in [-0.4, -0.2) is 33.8 Å². The van der Waals surface area contributed by atoms with E-state index in [1.54, 1.807) is 28.2 Å². The summed E-state index contributed by atoms with van der Waals surface area (Å²) in [7, 11) is -6.78. The van der Waals surface area contributed by atoms with Gasteiger partial charge in [0, 0.05) is 17.9 Å². The van der Waals surface area contributed by atoms with Crippen molar-refractivity contribution in [2.24, 2.45) is 0 Å². The van der Waals surface area contributed by atoms with Crippen LogP contribution in [0.4, 0.5) is 0 Å². The van der Waals surface area contributed by atoms with Crippen LogP contribution in [0.25, 0.3) is 0 Å². The molecular weight excluding hydrogens is 625 g/mol. The molecular formula is C38H46N2O3S2Si. The number of hydrogen-bond donors (Lipinski definition) is 1. The van der Waals surface area contributed by atoms with Gasteiger partial charge in [0.2, 0.25) is 10.0 Å². The van der Waals surface area contributed by atoms with Crippen molar-refractivity contribution in [2.45, 2.75) is 81.3 Å². The highest BCUT2D eigenvalue weighted by Gasteiger charge is 2.52. The lowest BCUT2D eigenvalue weighted by Crippen LogP contribution is -2.69. The van der Waals surface area contributed by atoms with E-state index >= 15 is 0 Å². The number of nitrogens with one attached hydrogen (secondary N) is 1. The van der Waals surface area contributed by atoms with Crippen molar-refractivity contribution >= 4 is 40.5 Å². The topological polar surface area (TPSA) is 58.6 Å². The Bertz CT molecular complexity index is 1710. The van der Waals surface area contributed by atoms with E-state index in [0.717, 1.165) is 26.4 Å². The Morgan fingerprint density at radius 2 is 1.35 bits per heavy atom. The zero-order chi connectivity index (χ0) is 33.2. The molecule has 46 heavy (non-hydrogen) atoms. The Kier molecular flexibility index (Phi) is 10.2. The van der Waals surface area contributed by atoms with Crippen LogP contribution in [0.2, 0.25) is 5.04 Å². The molecule has 0 spiro atoms. The third-order valence-corrected chi connectivity index (χ3v) is 16.3. The summed E-state index contributed by atoms with van der Waals surface area (Å²) in [5.41, 5.74) is 6.79. The molecule has 5 rings (SSSR count). The summed E-state index contributed by atoms with van der Waals surface area (Å²) in [6.45, 7) is 15.5. The Hall–Kier alpha value is -2.98. The highest BCUT2D eigenvalue weighted by atomic mass is 32.2. The van der Waals surface area contributed by atoms with E-state index in [4.69, 9.17) is 4.53 Å². The average Bonchev–Trinajstić information content (AvgIpc) is 3.45. The van der Waals surface area contributed by atoms with Gasteiger partial charge in [-0.25, -0.2) is 8.42 Å². The lowest BCUT2D eigenvalue weighted by atomic mass is 9.87. The minimum absolute atomic E-state index is 0.0853. The highest BCUT2D eigenvalue weighted by molar-refractivity contribution is 8.02. The van der Waals surface area contributed by atoms with E-state index in [1.165, 1.54) is 5.56 Å². The first-order valence-corrected chi connectivity index (χ1v) is 20.0. The maximum absolute atomic E-state index is 14.2. The smallest absolute Gasteiger partial charge is 0.287 e. The first-order chi connectivity index (χ1) is 21.7. The van der Waals surface area contributed by atoms with Crippen LogP contribution in [0.5, 0.6) is 0 Å². The van der Waals surface area contributed by atoms with Gasteiger partial charge in [0.25, 0.3) is 8.32 Å². The quantitative estimate of drug-likeness (QED) is 0.112. The first kappa shape index (κ1) is 34.4. The van der Waals surface area contributed by atoms with Gasteiger partial charge in [-0.1, -0.05) is 144 Å². The van der Waals surface area contributed by atoms with Gasteiger partial charge in [0.1, 0.15) is 6.17 Å². The highest BCUT2D eigenvalue weighted by Crippen LogP contribution is 2.38. The maximum atomic E-state index is 14.2. The van der Waals surface area contributed by atoms with Crippen LogP contribution < -0.4 is 15.9 Å². The predicted octanol–water partition coefficient (Wildman–Crippen LogP) is 7.77. The van der Waals surface area contributed by atoms with E-state index in [9.17, 15) is 8.42 Å². The first-order valence-electron chi connectivity index (χ1n) is 15.8. The fourth-order valence-electron chi connectivity index (χ4n) is 6.00. The number of aryl methyl sites for hydroxylation is 1. The van der Waals surface area contributed by atoms with Crippen molar-refractivity contribution < 1.29 is 12.9 Å². The van der Waals surface area contributed by atoms with E-state index in [2.05, 4.69) is 101 Å². The van der Waals surface area contributed by atoms with Crippen LogP contribution in [0, 0.1) is 6.92 Å². The molecule has 4 aromatic rings. The van der Waals surface area contributed by atoms with Crippen LogP contribution in [0.15, 0.2) is 130 Å². The van der Waals surface area contributed by atoms with Crippen LogP contribution in [-0.2, 0) is 20.0 Å². The zero-order valence-corrected chi connectivity index (χ0v) is 30.6. The van der Waals surface area contributed by atoms with Gasteiger partial charge >= 0.3 is 0 Å². The fourth-order valence-corrected chi connectivity index (χ4v) is 12.5. The number of hydrogen-bond acceptors (Lipinski definition) is 5. The third-order valence-electron chi connectivity index (χ3n) is 8.64. The molecule has 1 atom stereocenters. The molecule has 4 aromatic carbocycles. The molecule has 242 valence electrons. The second kappa shape index (κ2) is 13.6. The molecule has 1 fully saturated rings. The zero-order valence-electron chi connectivity index (χ0n) is 27.9. The molecule has 0 aromatic heterocycles. The molecule has 1 saturated heterocycles. The summed E-state index contributed by atoms with van der Waals surface area (Å²) in [6, 6.07) is 36.4. The lowest BCUT2D eigenvalue weighted by Gasteiger charge is -2.43. The van der Waals surface area contributed by atoms with E-state index in [1.807, 2.05) is 55.5 Å². The van der Waals surface area contributed by atoms with Crippen molar-refractivity contribution in [2.75, 3.05) is 6.54 Å². The Morgan fingerprint density at radius 3 is 1.85 bits per heavy atom. The Balaban J connectivity index is 1.50. The van der Waals surface area contributed by atoms with E-state index in [-0.39, 0.29) is 21.9 Å². The van der Waals surface area contributed by atoms with Crippen molar-refractivity contribution in [3.05, 3.63) is 131 Å². The minimum atomic E-state index is -3.82. The molecule has 1 unspecified atom stereocenters. The molecule has 0 saturated carbocycles. The van der Waals surface area contributed by atoms with Gasteiger partial charge in [0.05, 0.1) is 4.90 Å². The number of benzene rings is 4. The molecule has 1 heterocycles. The summed E-state index contributed by atoms with van der Waals surface area (Å²) < 4.78 is 36.9. The van der Waals surface area contributed by atoms with Crippen molar-refractivity contribution in [1.82, 2.24) is 9.79 Å². The van der Waals surface area contributed by atoms with Gasteiger partial charge in [0.15, 0.2) is 0 Å². The second-order valence-corrected chi connectivity index (χ2v) is 21.2. The van der Waals surface area contributed by atoms with Crippen LogP contribution >= 0.6 is 11.8 Å². The fraction of sp³-hybridized carbons (Fsp3) is 0.316. The van der Waals surface area contributed by atoms with E-state index < -0.39 is 24.5 Å². The largest absolute Gasteiger partial charge is 0.332 e. The van der Waals surface area contributed by atoms with Gasteiger partial charge < -0.3 is 4.53 Å². The summed E-state index contributed by atoms with van der Waals surface area (Å²) in [5, 5.41) is 4.08. The van der Waals surface area contributed by atoms with Crippen molar-refractivity contribution in [3.8, 4) is 0 Å². The summed E-state index contributed by atoms with van der Waals surface area (Å²) >= 11 is 1.63. The molecule has 0 aliphatic carbocycles.